The molecule has 0 saturated heterocycles. The molecule has 3 rings (SSSR count). The van der Waals surface area contributed by atoms with Gasteiger partial charge in [-0.25, -0.2) is 4.79 Å². The van der Waals surface area contributed by atoms with E-state index in [9.17, 15) is 4.79 Å². The minimum atomic E-state index is -0.949. The SMILES string of the molecule is O=C(O)c1cccc(-c2nn3cnnc3s2)c1. The average Bonchev–Trinajstić information content (AvgIpc) is 2.89. The molecule has 0 fully saturated rings. The lowest BCUT2D eigenvalue weighted by atomic mass is 10.1. The number of fused-ring (bicyclic) bond motifs is 1. The molecular weight excluding hydrogens is 240 g/mol. The van der Waals surface area contributed by atoms with E-state index in [2.05, 4.69) is 15.3 Å². The number of carboxylic acids is 1. The van der Waals surface area contributed by atoms with Crippen LogP contribution in [0, 0.1) is 0 Å². The van der Waals surface area contributed by atoms with Crippen LogP contribution in [-0.2, 0) is 0 Å². The quantitative estimate of drug-likeness (QED) is 0.742. The zero-order valence-electron chi connectivity index (χ0n) is 8.44. The first-order valence-electron chi connectivity index (χ1n) is 4.74. The van der Waals surface area contributed by atoms with Crippen molar-refractivity contribution in [1.29, 1.82) is 0 Å². The summed E-state index contributed by atoms with van der Waals surface area (Å²) < 4.78 is 1.56. The lowest BCUT2D eigenvalue weighted by Gasteiger charge is -1.97. The molecule has 0 saturated carbocycles. The van der Waals surface area contributed by atoms with Crippen molar-refractivity contribution in [3.05, 3.63) is 36.2 Å². The van der Waals surface area contributed by atoms with Crippen LogP contribution in [0.3, 0.4) is 0 Å². The summed E-state index contributed by atoms with van der Waals surface area (Å²) in [4.78, 5) is 11.5. The topological polar surface area (TPSA) is 80.4 Å². The average molecular weight is 246 g/mol. The van der Waals surface area contributed by atoms with Gasteiger partial charge in [0.05, 0.1) is 5.56 Å². The lowest BCUT2D eigenvalue weighted by Crippen LogP contribution is -1.95. The van der Waals surface area contributed by atoms with Crippen LogP contribution < -0.4 is 0 Å². The molecule has 84 valence electrons. The van der Waals surface area contributed by atoms with E-state index in [1.54, 1.807) is 22.7 Å². The van der Waals surface area contributed by atoms with Gasteiger partial charge in [0.25, 0.3) is 0 Å². The molecule has 0 spiro atoms. The Balaban J connectivity index is 2.12. The van der Waals surface area contributed by atoms with Crippen molar-refractivity contribution < 1.29 is 9.90 Å². The minimum absolute atomic E-state index is 0.244. The molecule has 0 unspecified atom stereocenters. The van der Waals surface area contributed by atoms with Crippen LogP contribution in [0.4, 0.5) is 0 Å². The first-order chi connectivity index (χ1) is 8.24. The maximum Gasteiger partial charge on any atom is 0.335 e. The van der Waals surface area contributed by atoms with Crippen molar-refractivity contribution in [3.8, 4) is 10.6 Å². The first-order valence-corrected chi connectivity index (χ1v) is 5.56. The second-order valence-electron chi connectivity index (χ2n) is 3.35. The molecule has 3 aromatic rings. The Bertz CT molecular complexity index is 674. The molecule has 0 bridgehead atoms. The number of aromatic carboxylic acids is 1. The van der Waals surface area contributed by atoms with Crippen LogP contribution in [-0.4, -0.2) is 30.9 Å². The van der Waals surface area contributed by atoms with Crippen LogP contribution in [0.15, 0.2) is 30.6 Å². The van der Waals surface area contributed by atoms with Crippen molar-refractivity contribution in [2.24, 2.45) is 0 Å². The first kappa shape index (κ1) is 9.91. The van der Waals surface area contributed by atoms with Crippen LogP contribution in [0.25, 0.3) is 15.5 Å². The van der Waals surface area contributed by atoms with Crippen molar-refractivity contribution in [1.82, 2.24) is 19.8 Å². The molecule has 0 atom stereocenters. The van der Waals surface area contributed by atoms with E-state index in [4.69, 9.17) is 5.11 Å². The lowest BCUT2D eigenvalue weighted by molar-refractivity contribution is 0.0697. The number of hydrogen-bond donors (Lipinski definition) is 1. The fourth-order valence-corrected chi connectivity index (χ4v) is 2.28. The van der Waals surface area contributed by atoms with Gasteiger partial charge in [-0.05, 0) is 12.1 Å². The van der Waals surface area contributed by atoms with E-state index in [-0.39, 0.29) is 5.56 Å². The number of aromatic nitrogens is 4. The van der Waals surface area contributed by atoms with Gasteiger partial charge >= 0.3 is 5.97 Å². The van der Waals surface area contributed by atoms with E-state index in [0.717, 1.165) is 10.6 Å². The van der Waals surface area contributed by atoms with Gasteiger partial charge in [-0.1, -0.05) is 23.5 Å². The van der Waals surface area contributed by atoms with Gasteiger partial charge in [0, 0.05) is 5.56 Å². The number of nitrogens with zero attached hydrogens (tertiary/aromatic N) is 4. The fourth-order valence-electron chi connectivity index (χ4n) is 1.46. The largest absolute Gasteiger partial charge is 0.478 e. The second-order valence-corrected chi connectivity index (χ2v) is 4.31. The zero-order chi connectivity index (χ0) is 11.8. The molecule has 2 aromatic heterocycles. The molecule has 0 aliphatic heterocycles. The summed E-state index contributed by atoms with van der Waals surface area (Å²) >= 11 is 1.36. The summed E-state index contributed by atoms with van der Waals surface area (Å²) in [7, 11) is 0. The second kappa shape index (κ2) is 3.63. The van der Waals surface area contributed by atoms with Gasteiger partial charge in [0.2, 0.25) is 4.96 Å². The Morgan fingerprint density at radius 2 is 2.29 bits per heavy atom. The molecular formula is C10H6N4O2S. The standard InChI is InChI=1S/C10H6N4O2S/c15-9(16)7-3-1-2-6(4-7)8-13-14-5-11-12-10(14)17-8/h1-5H,(H,15,16). The minimum Gasteiger partial charge on any atom is -0.478 e. The highest BCUT2D eigenvalue weighted by Crippen LogP contribution is 2.25. The molecule has 0 amide bonds. The predicted molar refractivity (Wildman–Crippen MR) is 61.1 cm³/mol. The van der Waals surface area contributed by atoms with E-state index >= 15 is 0 Å². The summed E-state index contributed by atoms with van der Waals surface area (Å²) in [5.74, 6) is -0.949. The number of carbonyl (C=O) groups is 1. The van der Waals surface area contributed by atoms with Crippen LogP contribution in [0.1, 0.15) is 10.4 Å². The van der Waals surface area contributed by atoms with Crippen LogP contribution in [0.2, 0.25) is 0 Å². The van der Waals surface area contributed by atoms with Gasteiger partial charge < -0.3 is 5.11 Å². The van der Waals surface area contributed by atoms with E-state index in [0.29, 0.717) is 4.96 Å². The summed E-state index contributed by atoms with van der Waals surface area (Å²) in [6.45, 7) is 0. The highest BCUT2D eigenvalue weighted by molar-refractivity contribution is 7.19. The molecule has 0 aliphatic rings. The van der Waals surface area contributed by atoms with Gasteiger partial charge in [0.1, 0.15) is 11.3 Å². The number of benzene rings is 1. The monoisotopic (exact) mass is 246 g/mol. The fraction of sp³-hybridized carbons (Fsp3) is 0. The molecule has 7 heteroatoms. The third-order valence-corrected chi connectivity index (χ3v) is 3.21. The summed E-state index contributed by atoms with van der Waals surface area (Å²) in [6.07, 6.45) is 1.51. The molecule has 17 heavy (non-hydrogen) atoms. The Morgan fingerprint density at radius 3 is 3.06 bits per heavy atom. The van der Waals surface area contributed by atoms with E-state index < -0.39 is 5.97 Å². The molecule has 0 radical (unpaired) electrons. The Hall–Kier alpha value is -2.28. The number of hydrogen-bond acceptors (Lipinski definition) is 5. The van der Waals surface area contributed by atoms with Crippen LogP contribution in [0.5, 0.6) is 0 Å². The highest BCUT2D eigenvalue weighted by Gasteiger charge is 2.10. The van der Waals surface area contributed by atoms with Gasteiger partial charge in [-0.3, -0.25) is 0 Å². The van der Waals surface area contributed by atoms with Crippen LogP contribution >= 0.6 is 11.3 Å². The van der Waals surface area contributed by atoms with Crippen molar-refractivity contribution in [2.45, 2.75) is 0 Å². The highest BCUT2D eigenvalue weighted by atomic mass is 32.1. The Labute approximate surface area is 99.2 Å². The van der Waals surface area contributed by atoms with E-state index in [1.807, 2.05) is 6.07 Å². The summed E-state index contributed by atoms with van der Waals surface area (Å²) in [5, 5.41) is 21.5. The third-order valence-electron chi connectivity index (χ3n) is 2.24. The normalized spacial score (nSPS) is 10.8. The van der Waals surface area contributed by atoms with Crippen molar-refractivity contribution >= 4 is 22.3 Å². The maximum absolute atomic E-state index is 10.9. The zero-order valence-corrected chi connectivity index (χ0v) is 9.26. The number of rotatable bonds is 2. The number of carboxylic acid groups (broad SMARTS) is 1. The molecule has 1 N–H and O–H groups in total. The third kappa shape index (κ3) is 1.66. The molecule has 6 nitrogen and oxygen atoms in total. The maximum atomic E-state index is 10.9. The Kier molecular flexibility index (Phi) is 2.12. The summed E-state index contributed by atoms with van der Waals surface area (Å²) in [5.41, 5.74) is 1.01. The molecule has 0 aliphatic carbocycles. The summed E-state index contributed by atoms with van der Waals surface area (Å²) in [6, 6.07) is 6.65. The predicted octanol–water partition coefficient (Wildman–Crippen LogP) is 1.55. The smallest absolute Gasteiger partial charge is 0.335 e. The van der Waals surface area contributed by atoms with Gasteiger partial charge in [0.15, 0.2) is 0 Å². The van der Waals surface area contributed by atoms with Gasteiger partial charge in [-0.2, -0.15) is 9.61 Å². The molecule has 2 heterocycles. The van der Waals surface area contributed by atoms with Crippen molar-refractivity contribution in [3.63, 3.8) is 0 Å². The van der Waals surface area contributed by atoms with Crippen molar-refractivity contribution in [2.75, 3.05) is 0 Å². The van der Waals surface area contributed by atoms with E-state index in [1.165, 1.54) is 17.7 Å². The molecule has 1 aromatic carbocycles. The Morgan fingerprint density at radius 1 is 1.41 bits per heavy atom. The van der Waals surface area contributed by atoms with Gasteiger partial charge in [-0.15, -0.1) is 10.2 Å².